The van der Waals surface area contributed by atoms with E-state index in [4.69, 9.17) is 9.84 Å². The molecule has 0 saturated carbocycles. The van der Waals surface area contributed by atoms with Crippen molar-refractivity contribution in [3.63, 3.8) is 0 Å². The molecule has 4 heteroatoms. The lowest BCUT2D eigenvalue weighted by atomic mass is 10.1. The lowest BCUT2D eigenvalue weighted by Crippen LogP contribution is -1.89. The third kappa shape index (κ3) is 2.19. The van der Waals surface area contributed by atoms with Gasteiger partial charge in [0.2, 0.25) is 0 Å². The van der Waals surface area contributed by atoms with Crippen LogP contribution in [0.15, 0.2) is 30.6 Å². The highest BCUT2D eigenvalue weighted by Crippen LogP contribution is 2.22. The minimum absolute atomic E-state index is 0. The van der Waals surface area contributed by atoms with Crippen LogP contribution in [0.1, 0.15) is 5.56 Å². The Hall–Kier alpha value is -1.32. The number of hydrogen-bond donors (Lipinski definition) is 1. The van der Waals surface area contributed by atoms with Crippen LogP contribution in [0.3, 0.4) is 0 Å². The predicted octanol–water partition coefficient (Wildman–Crippen LogP) is 2.16. The molecule has 2 rings (SSSR count). The number of rotatable bonds is 2. The van der Waals surface area contributed by atoms with Gasteiger partial charge in [0, 0.05) is 23.3 Å². The Bertz CT molecular complexity index is 459. The van der Waals surface area contributed by atoms with Crippen LogP contribution in [-0.4, -0.2) is 17.2 Å². The summed E-state index contributed by atoms with van der Waals surface area (Å²) < 4.78 is 5.12. The highest BCUT2D eigenvalue weighted by Gasteiger charge is 2.01. The summed E-state index contributed by atoms with van der Waals surface area (Å²) in [6, 6.07) is 5.72. The van der Waals surface area contributed by atoms with Gasteiger partial charge in [0.1, 0.15) is 5.75 Å². The zero-order chi connectivity index (χ0) is 9.97. The maximum Gasteiger partial charge on any atom is 0.119 e. The molecule has 1 aromatic heterocycles. The van der Waals surface area contributed by atoms with Crippen LogP contribution in [0.25, 0.3) is 10.8 Å². The number of aliphatic hydroxyl groups excluding tert-OH is 1. The van der Waals surface area contributed by atoms with E-state index < -0.39 is 0 Å². The zero-order valence-electron chi connectivity index (χ0n) is 8.30. The van der Waals surface area contributed by atoms with Gasteiger partial charge in [-0.1, -0.05) is 0 Å². The van der Waals surface area contributed by atoms with Gasteiger partial charge in [-0.25, -0.2) is 0 Å². The van der Waals surface area contributed by atoms with Crippen molar-refractivity contribution in [3.05, 3.63) is 36.2 Å². The standard InChI is InChI=1S/C11H11NO2.ClH/c1-14-10-3-2-8-5-12-6-9(7-13)11(8)4-10;/h2-6,13H,7H2,1H3;1H. The first-order valence-electron chi connectivity index (χ1n) is 4.36. The Kier molecular flexibility index (Phi) is 3.88. The number of hydrogen-bond acceptors (Lipinski definition) is 3. The van der Waals surface area contributed by atoms with Gasteiger partial charge in [0.25, 0.3) is 0 Å². The Labute approximate surface area is 94.1 Å². The van der Waals surface area contributed by atoms with Crippen molar-refractivity contribution in [2.75, 3.05) is 7.11 Å². The maximum absolute atomic E-state index is 9.12. The van der Waals surface area contributed by atoms with E-state index in [0.717, 1.165) is 22.1 Å². The van der Waals surface area contributed by atoms with E-state index in [1.807, 2.05) is 18.2 Å². The molecule has 3 nitrogen and oxygen atoms in total. The number of aliphatic hydroxyl groups is 1. The molecule has 2 aromatic rings. The van der Waals surface area contributed by atoms with Crippen molar-refractivity contribution >= 4 is 23.2 Å². The Morgan fingerprint density at radius 2 is 2.13 bits per heavy atom. The van der Waals surface area contributed by atoms with E-state index in [1.54, 1.807) is 19.5 Å². The second kappa shape index (κ2) is 4.96. The summed E-state index contributed by atoms with van der Waals surface area (Å²) in [5.74, 6) is 0.790. The summed E-state index contributed by atoms with van der Waals surface area (Å²) in [5, 5.41) is 11.1. The smallest absolute Gasteiger partial charge is 0.119 e. The molecule has 15 heavy (non-hydrogen) atoms. The summed E-state index contributed by atoms with van der Waals surface area (Å²) in [6.07, 6.45) is 3.44. The minimum atomic E-state index is -0.00247. The van der Waals surface area contributed by atoms with Gasteiger partial charge in [-0.15, -0.1) is 12.4 Å². The Balaban J connectivity index is 0.00000112. The van der Waals surface area contributed by atoms with Gasteiger partial charge >= 0.3 is 0 Å². The van der Waals surface area contributed by atoms with Crippen molar-refractivity contribution in [1.29, 1.82) is 0 Å². The maximum atomic E-state index is 9.12. The molecule has 0 saturated heterocycles. The van der Waals surface area contributed by atoms with Crippen LogP contribution in [0, 0.1) is 0 Å². The quantitative estimate of drug-likeness (QED) is 0.852. The van der Waals surface area contributed by atoms with Crippen LogP contribution >= 0.6 is 12.4 Å². The first-order valence-corrected chi connectivity index (χ1v) is 4.36. The monoisotopic (exact) mass is 225 g/mol. The number of fused-ring (bicyclic) bond motifs is 1. The third-order valence-electron chi connectivity index (χ3n) is 2.22. The molecule has 1 aromatic carbocycles. The molecule has 1 N–H and O–H groups in total. The topological polar surface area (TPSA) is 42.4 Å². The SMILES string of the molecule is COc1ccc2cncc(CO)c2c1.Cl. The Morgan fingerprint density at radius 3 is 2.80 bits per heavy atom. The normalized spacial score (nSPS) is 9.73. The van der Waals surface area contributed by atoms with Crippen LogP contribution < -0.4 is 4.74 Å². The second-order valence-electron chi connectivity index (χ2n) is 3.04. The summed E-state index contributed by atoms with van der Waals surface area (Å²) in [5.41, 5.74) is 0.821. The lowest BCUT2D eigenvalue weighted by Gasteiger charge is -2.05. The molecule has 0 aliphatic carbocycles. The highest BCUT2D eigenvalue weighted by atomic mass is 35.5. The van der Waals surface area contributed by atoms with Gasteiger partial charge in [0.15, 0.2) is 0 Å². The number of pyridine rings is 1. The molecule has 0 atom stereocenters. The molecule has 0 aliphatic heterocycles. The lowest BCUT2D eigenvalue weighted by molar-refractivity contribution is 0.283. The summed E-state index contributed by atoms with van der Waals surface area (Å²) in [6.45, 7) is -0.00247. The molecule has 0 bridgehead atoms. The van der Waals surface area contributed by atoms with Crippen molar-refractivity contribution < 1.29 is 9.84 Å². The average molecular weight is 226 g/mol. The molecule has 0 unspecified atom stereocenters. The predicted molar refractivity (Wildman–Crippen MR) is 61.5 cm³/mol. The molecule has 0 radical (unpaired) electrons. The van der Waals surface area contributed by atoms with E-state index >= 15 is 0 Å². The van der Waals surface area contributed by atoms with Crippen molar-refractivity contribution in [1.82, 2.24) is 4.98 Å². The zero-order valence-corrected chi connectivity index (χ0v) is 9.12. The number of aromatic nitrogens is 1. The Morgan fingerprint density at radius 1 is 1.33 bits per heavy atom. The summed E-state index contributed by atoms with van der Waals surface area (Å²) in [4.78, 5) is 4.04. The van der Waals surface area contributed by atoms with Crippen molar-refractivity contribution in [3.8, 4) is 5.75 Å². The number of methoxy groups -OCH3 is 1. The number of halogens is 1. The van der Waals surface area contributed by atoms with Gasteiger partial charge in [-0.2, -0.15) is 0 Å². The van der Waals surface area contributed by atoms with Crippen molar-refractivity contribution in [2.45, 2.75) is 6.61 Å². The fraction of sp³-hybridized carbons (Fsp3) is 0.182. The molecule has 0 amide bonds. The first-order chi connectivity index (χ1) is 6.85. The van der Waals surface area contributed by atoms with Gasteiger partial charge in [-0.05, 0) is 23.6 Å². The fourth-order valence-electron chi connectivity index (χ4n) is 1.46. The van der Waals surface area contributed by atoms with E-state index in [-0.39, 0.29) is 19.0 Å². The van der Waals surface area contributed by atoms with E-state index in [1.165, 1.54) is 0 Å². The minimum Gasteiger partial charge on any atom is -0.497 e. The number of nitrogens with zero attached hydrogens (tertiary/aromatic N) is 1. The molecular formula is C11H12ClNO2. The fourth-order valence-corrected chi connectivity index (χ4v) is 1.46. The third-order valence-corrected chi connectivity index (χ3v) is 2.22. The van der Waals surface area contributed by atoms with Crippen LogP contribution in [-0.2, 0) is 6.61 Å². The van der Waals surface area contributed by atoms with Gasteiger partial charge < -0.3 is 9.84 Å². The summed E-state index contributed by atoms with van der Waals surface area (Å²) in [7, 11) is 1.63. The van der Waals surface area contributed by atoms with Crippen LogP contribution in [0.2, 0.25) is 0 Å². The van der Waals surface area contributed by atoms with E-state index in [0.29, 0.717) is 0 Å². The molecular weight excluding hydrogens is 214 g/mol. The molecule has 80 valence electrons. The van der Waals surface area contributed by atoms with Crippen molar-refractivity contribution in [2.24, 2.45) is 0 Å². The largest absolute Gasteiger partial charge is 0.497 e. The molecule has 0 fully saturated rings. The van der Waals surface area contributed by atoms with Crippen LogP contribution in [0.5, 0.6) is 5.75 Å². The summed E-state index contributed by atoms with van der Waals surface area (Å²) >= 11 is 0. The first kappa shape index (κ1) is 11.8. The van der Waals surface area contributed by atoms with Crippen LogP contribution in [0.4, 0.5) is 0 Å². The second-order valence-corrected chi connectivity index (χ2v) is 3.04. The average Bonchev–Trinajstić information content (AvgIpc) is 2.27. The van der Waals surface area contributed by atoms with E-state index in [2.05, 4.69) is 4.98 Å². The molecule has 0 aliphatic rings. The van der Waals surface area contributed by atoms with E-state index in [9.17, 15) is 0 Å². The van der Waals surface area contributed by atoms with Gasteiger partial charge in [-0.3, -0.25) is 4.98 Å². The number of benzene rings is 1. The number of ether oxygens (including phenoxy) is 1. The molecule has 0 spiro atoms. The molecule has 1 heterocycles. The van der Waals surface area contributed by atoms with Gasteiger partial charge in [0.05, 0.1) is 13.7 Å². The highest BCUT2D eigenvalue weighted by molar-refractivity contribution is 5.86.